The fraction of sp³-hybridized carbons (Fsp3) is 0.318. The van der Waals surface area contributed by atoms with Crippen LogP contribution in [-0.2, 0) is 6.54 Å². The van der Waals surface area contributed by atoms with Crippen molar-refractivity contribution in [2.24, 2.45) is 11.7 Å². The monoisotopic (exact) mass is 375 g/mol. The molecule has 3 heterocycles. The van der Waals surface area contributed by atoms with E-state index in [-0.39, 0.29) is 5.56 Å². The van der Waals surface area contributed by atoms with Crippen molar-refractivity contribution in [3.05, 3.63) is 70.8 Å². The Kier molecular flexibility index (Phi) is 5.60. The lowest BCUT2D eigenvalue weighted by Crippen LogP contribution is -2.37. The normalized spacial score (nSPS) is 17.5. The van der Waals surface area contributed by atoms with Crippen LogP contribution in [0.4, 0.5) is 0 Å². The number of aromatic nitrogens is 3. The van der Waals surface area contributed by atoms with Gasteiger partial charge in [0.15, 0.2) is 0 Å². The highest BCUT2D eigenvalue weighted by molar-refractivity contribution is 5.63. The predicted molar refractivity (Wildman–Crippen MR) is 111 cm³/mol. The summed E-state index contributed by atoms with van der Waals surface area (Å²) in [5.74, 6) is 1.16. The minimum Gasteiger partial charge on any atom is -0.330 e. The van der Waals surface area contributed by atoms with Crippen LogP contribution in [0.3, 0.4) is 0 Å². The largest absolute Gasteiger partial charge is 0.330 e. The molecule has 1 saturated heterocycles. The Morgan fingerprint density at radius 2 is 2.07 bits per heavy atom. The van der Waals surface area contributed by atoms with Crippen LogP contribution < -0.4 is 11.3 Å². The molecule has 1 atom stereocenters. The summed E-state index contributed by atoms with van der Waals surface area (Å²) in [6, 6.07) is 13.5. The van der Waals surface area contributed by atoms with Gasteiger partial charge in [-0.3, -0.25) is 14.7 Å². The molecule has 0 spiro atoms. The van der Waals surface area contributed by atoms with E-state index in [1.54, 1.807) is 12.4 Å². The van der Waals surface area contributed by atoms with Gasteiger partial charge in [0.05, 0.1) is 5.69 Å². The molecule has 3 aromatic rings. The summed E-state index contributed by atoms with van der Waals surface area (Å²) < 4.78 is 0. The highest BCUT2D eigenvalue weighted by Gasteiger charge is 2.18. The molecule has 1 fully saturated rings. The standard InChI is InChI=1S/C22H25N5O/c23-12-17-5-3-9-27(15-17)14-16-4-1-6-18(10-16)22-25-20(11-21(28)26-22)19-7-2-8-24-13-19/h1-2,4,6-8,10-11,13,17H,3,5,9,12,14-15,23H2,(H,25,26,28). The lowest BCUT2D eigenvalue weighted by atomic mass is 9.97. The van der Waals surface area contributed by atoms with Crippen molar-refractivity contribution in [3.8, 4) is 22.6 Å². The third kappa shape index (κ3) is 4.35. The van der Waals surface area contributed by atoms with E-state index in [4.69, 9.17) is 5.73 Å². The summed E-state index contributed by atoms with van der Waals surface area (Å²) in [5.41, 5.74) is 9.26. The van der Waals surface area contributed by atoms with Gasteiger partial charge >= 0.3 is 0 Å². The number of aromatic amines is 1. The number of piperidine rings is 1. The van der Waals surface area contributed by atoms with Crippen LogP contribution in [-0.4, -0.2) is 39.5 Å². The van der Waals surface area contributed by atoms with E-state index in [0.29, 0.717) is 17.4 Å². The first-order valence-corrected chi connectivity index (χ1v) is 9.75. The summed E-state index contributed by atoms with van der Waals surface area (Å²) in [6.07, 6.45) is 5.84. The first-order chi connectivity index (χ1) is 13.7. The number of hydrogen-bond donors (Lipinski definition) is 2. The van der Waals surface area contributed by atoms with E-state index in [1.165, 1.54) is 24.5 Å². The molecule has 2 aromatic heterocycles. The summed E-state index contributed by atoms with van der Waals surface area (Å²) >= 11 is 0. The Bertz CT molecular complexity index is 985. The highest BCUT2D eigenvalue weighted by atomic mass is 16.1. The number of nitrogens with zero attached hydrogens (tertiary/aromatic N) is 3. The Balaban J connectivity index is 1.59. The second kappa shape index (κ2) is 8.46. The van der Waals surface area contributed by atoms with Crippen LogP contribution in [0, 0.1) is 5.92 Å². The van der Waals surface area contributed by atoms with E-state index in [1.807, 2.05) is 24.3 Å². The Labute approximate surface area is 164 Å². The molecule has 4 rings (SSSR count). The number of hydrogen-bond acceptors (Lipinski definition) is 5. The van der Waals surface area contributed by atoms with Gasteiger partial charge < -0.3 is 10.7 Å². The number of rotatable bonds is 5. The summed E-state index contributed by atoms with van der Waals surface area (Å²) in [4.78, 5) is 26.3. The molecule has 0 radical (unpaired) electrons. The van der Waals surface area contributed by atoms with Crippen LogP contribution in [0.25, 0.3) is 22.6 Å². The zero-order valence-corrected chi connectivity index (χ0v) is 15.8. The molecular weight excluding hydrogens is 350 g/mol. The van der Waals surface area contributed by atoms with Gasteiger partial charge in [-0.25, -0.2) is 4.98 Å². The molecule has 0 saturated carbocycles. The quantitative estimate of drug-likeness (QED) is 0.716. The minimum absolute atomic E-state index is 0.170. The van der Waals surface area contributed by atoms with E-state index in [9.17, 15) is 4.79 Å². The molecule has 28 heavy (non-hydrogen) atoms. The van der Waals surface area contributed by atoms with Gasteiger partial charge in [-0.2, -0.15) is 0 Å². The zero-order chi connectivity index (χ0) is 19.3. The maximum atomic E-state index is 12.2. The van der Waals surface area contributed by atoms with Crippen LogP contribution in [0.2, 0.25) is 0 Å². The highest BCUT2D eigenvalue weighted by Crippen LogP contribution is 2.22. The van der Waals surface area contributed by atoms with Gasteiger partial charge in [-0.15, -0.1) is 0 Å². The van der Waals surface area contributed by atoms with Crippen molar-refractivity contribution in [3.63, 3.8) is 0 Å². The molecule has 6 nitrogen and oxygen atoms in total. The third-order valence-electron chi connectivity index (χ3n) is 5.24. The van der Waals surface area contributed by atoms with Crippen molar-refractivity contribution in [2.45, 2.75) is 19.4 Å². The molecule has 3 N–H and O–H groups in total. The molecule has 0 bridgehead atoms. The van der Waals surface area contributed by atoms with Crippen molar-refractivity contribution >= 4 is 0 Å². The fourth-order valence-corrected chi connectivity index (χ4v) is 3.82. The van der Waals surface area contributed by atoms with E-state index in [2.05, 4.69) is 32.0 Å². The lowest BCUT2D eigenvalue weighted by Gasteiger charge is -2.32. The van der Waals surface area contributed by atoms with Crippen LogP contribution >= 0.6 is 0 Å². The summed E-state index contributed by atoms with van der Waals surface area (Å²) in [5, 5.41) is 0. The van der Waals surface area contributed by atoms with Crippen LogP contribution in [0.15, 0.2) is 59.7 Å². The van der Waals surface area contributed by atoms with Crippen LogP contribution in [0.5, 0.6) is 0 Å². The van der Waals surface area contributed by atoms with Crippen molar-refractivity contribution < 1.29 is 0 Å². The zero-order valence-electron chi connectivity index (χ0n) is 15.8. The summed E-state index contributed by atoms with van der Waals surface area (Å²) in [7, 11) is 0. The van der Waals surface area contributed by atoms with Crippen molar-refractivity contribution in [1.82, 2.24) is 19.9 Å². The number of nitrogens with one attached hydrogen (secondary N) is 1. The van der Waals surface area contributed by atoms with Gasteiger partial charge in [0.2, 0.25) is 0 Å². The maximum absolute atomic E-state index is 12.2. The Hall–Kier alpha value is -2.83. The molecule has 1 aliphatic rings. The topological polar surface area (TPSA) is 87.9 Å². The molecular formula is C22H25N5O. The predicted octanol–water partition coefficient (Wildman–Crippen LogP) is 2.67. The van der Waals surface area contributed by atoms with Crippen molar-refractivity contribution in [2.75, 3.05) is 19.6 Å². The molecule has 1 unspecified atom stereocenters. The molecule has 6 heteroatoms. The van der Waals surface area contributed by atoms with E-state index in [0.717, 1.165) is 37.3 Å². The SMILES string of the molecule is NCC1CCCN(Cc2cccc(-c3nc(-c4cccnc4)cc(=O)[nH]3)c2)C1. The summed E-state index contributed by atoms with van der Waals surface area (Å²) in [6.45, 7) is 3.79. The molecule has 1 aliphatic heterocycles. The van der Waals surface area contributed by atoms with Gasteiger partial charge in [-0.1, -0.05) is 18.2 Å². The van der Waals surface area contributed by atoms with Crippen molar-refractivity contribution in [1.29, 1.82) is 0 Å². The first kappa shape index (κ1) is 18.5. The number of likely N-dealkylation sites (tertiary alicyclic amines) is 1. The van der Waals surface area contributed by atoms with Gasteiger partial charge in [-0.05, 0) is 55.6 Å². The Morgan fingerprint density at radius 1 is 1.18 bits per heavy atom. The maximum Gasteiger partial charge on any atom is 0.251 e. The number of benzene rings is 1. The molecule has 0 amide bonds. The van der Waals surface area contributed by atoms with Crippen LogP contribution in [0.1, 0.15) is 18.4 Å². The third-order valence-corrected chi connectivity index (χ3v) is 5.24. The molecule has 0 aliphatic carbocycles. The average Bonchev–Trinajstić information content (AvgIpc) is 2.74. The average molecular weight is 375 g/mol. The van der Waals surface area contributed by atoms with Gasteiger partial charge in [0.25, 0.3) is 5.56 Å². The minimum atomic E-state index is -0.170. The molecule has 144 valence electrons. The smallest absolute Gasteiger partial charge is 0.251 e. The second-order valence-electron chi connectivity index (χ2n) is 7.40. The number of H-pyrrole nitrogens is 1. The van der Waals surface area contributed by atoms with Gasteiger partial charge in [0.1, 0.15) is 5.82 Å². The number of pyridine rings is 1. The molecule has 1 aromatic carbocycles. The Morgan fingerprint density at radius 3 is 2.89 bits per heavy atom. The van der Waals surface area contributed by atoms with E-state index < -0.39 is 0 Å². The second-order valence-corrected chi connectivity index (χ2v) is 7.40. The number of nitrogens with two attached hydrogens (primary N) is 1. The fourth-order valence-electron chi connectivity index (χ4n) is 3.82. The van der Waals surface area contributed by atoms with Gasteiger partial charge in [0, 0.05) is 42.7 Å². The lowest BCUT2D eigenvalue weighted by molar-refractivity contribution is 0.171. The first-order valence-electron chi connectivity index (χ1n) is 9.75. The van der Waals surface area contributed by atoms with E-state index >= 15 is 0 Å².